The molecule has 0 radical (unpaired) electrons. The molecule has 0 saturated carbocycles. The topological polar surface area (TPSA) is 50.5 Å². The molecule has 145 heavy (non-hydrogen) atoms. The van der Waals surface area contributed by atoms with Crippen LogP contribution in [0.3, 0.4) is 0 Å². The van der Waals surface area contributed by atoms with E-state index in [0.29, 0.717) is 0 Å². The lowest BCUT2D eigenvalue weighted by molar-refractivity contribution is 0.669. The third-order valence-electron chi connectivity index (χ3n) is 27.8. The largest absolute Gasteiger partial charge is 0.456 e. The maximum absolute atomic E-state index is 6.18. The van der Waals surface area contributed by atoms with Gasteiger partial charge in [0, 0.05) is 111 Å². The Labute approximate surface area is 841 Å². The Kier molecular flexibility index (Phi) is 23.3. The van der Waals surface area contributed by atoms with Crippen LogP contribution < -0.4 is 14.7 Å². The molecule has 684 valence electrons. The maximum Gasteiger partial charge on any atom is 0.138 e. The van der Waals surface area contributed by atoms with Crippen molar-refractivity contribution in [3.63, 3.8) is 0 Å². The summed E-state index contributed by atoms with van der Waals surface area (Å²) in [6.07, 6.45) is 0. The number of anilines is 9. The Hall–Kier alpha value is -19.4. The zero-order chi connectivity index (χ0) is 96.3. The van der Waals surface area contributed by atoms with Crippen molar-refractivity contribution >= 4 is 139 Å². The first-order valence-electron chi connectivity index (χ1n) is 49.3. The summed E-state index contributed by atoms with van der Waals surface area (Å²) in [4.78, 5) is 12.1. The highest BCUT2D eigenvalue weighted by Crippen LogP contribution is 2.47. The summed E-state index contributed by atoms with van der Waals surface area (Å²) in [7, 11) is 0. The highest BCUT2D eigenvalue weighted by molar-refractivity contribution is 6.14. The van der Waals surface area contributed by atoms with Crippen molar-refractivity contribution in [1.29, 1.82) is 0 Å². The van der Waals surface area contributed by atoms with E-state index in [2.05, 4.69) is 587 Å². The average molecular weight is 1860 g/mol. The SMILES string of the molecule is c1ccc(-c2ccc(N(c3ccc(-c4ccccc4)cc3)c3ccc4c(c3)c3ccccc3n4-c3ccc4oc5ccccc5c4c3)cc2)cc1.c1ccc(-c2ccc(N(c3ccccc3)c3ccc(-c4ccc5c(c4)c4ccccc4n5-c4cccc(-c5ccccc5)n4)cc3)cc2)cc1.c1ccc(N(c2ccccc2)c2ccc(-c3ccc(-c4ccc5c(c4)c4ccccc4n5-c4ccccc4)cc3)cc2)cc1. The number of hydrogen-bond acceptors (Lipinski definition) is 5. The number of furan rings is 1. The average Bonchev–Trinajstić information content (AvgIpc) is 1.61. The van der Waals surface area contributed by atoms with E-state index >= 15 is 0 Å². The summed E-state index contributed by atoms with van der Waals surface area (Å²) < 4.78 is 13.2. The molecule has 0 atom stereocenters. The minimum absolute atomic E-state index is 0.898. The van der Waals surface area contributed by atoms with E-state index in [4.69, 9.17) is 9.40 Å². The van der Waals surface area contributed by atoms with Gasteiger partial charge in [0.1, 0.15) is 17.0 Å². The number of aromatic nitrogens is 4. The van der Waals surface area contributed by atoms with Crippen LogP contribution in [0, 0.1) is 0 Å². The fourth-order valence-electron chi connectivity index (χ4n) is 20.8. The molecular formula is C137H95N7O. The van der Waals surface area contributed by atoms with Gasteiger partial charge in [0.2, 0.25) is 0 Å². The molecule has 0 saturated heterocycles. The van der Waals surface area contributed by atoms with Crippen LogP contribution in [0.2, 0.25) is 0 Å². The number of nitrogens with zero attached hydrogens (tertiary/aromatic N) is 7. The number of hydrogen-bond donors (Lipinski definition) is 0. The van der Waals surface area contributed by atoms with Crippen molar-refractivity contribution in [1.82, 2.24) is 18.7 Å². The molecule has 5 heterocycles. The Morgan fingerprint density at radius 2 is 0.414 bits per heavy atom. The molecule has 0 amide bonds. The van der Waals surface area contributed by atoms with Crippen molar-refractivity contribution in [3.05, 3.63) is 576 Å². The fraction of sp³-hybridized carbons (Fsp3) is 0. The van der Waals surface area contributed by atoms with Crippen LogP contribution in [0.1, 0.15) is 0 Å². The molecule has 0 N–H and O–H groups in total. The molecule has 27 aromatic rings. The lowest BCUT2D eigenvalue weighted by Gasteiger charge is -2.26. The molecule has 22 aromatic carbocycles. The van der Waals surface area contributed by atoms with E-state index in [1.54, 1.807) is 0 Å². The second kappa shape index (κ2) is 38.8. The second-order valence-electron chi connectivity index (χ2n) is 36.5. The summed E-state index contributed by atoms with van der Waals surface area (Å²) in [6.45, 7) is 0. The molecule has 0 unspecified atom stereocenters. The lowest BCUT2D eigenvalue weighted by Crippen LogP contribution is -2.10. The molecule has 0 spiro atoms. The monoisotopic (exact) mass is 1850 g/mol. The van der Waals surface area contributed by atoms with E-state index in [1.807, 2.05) is 18.2 Å². The van der Waals surface area contributed by atoms with Crippen molar-refractivity contribution in [2.75, 3.05) is 14.7 Å². The number of para-hydroxylation sites is 8. The van der Waals surface area contributed by atoms with Gasteiger partial charge in [-0.15, -0.1) is 0 Å². The quantitative estimate of drug-likeness (QED) is 0.0807. The van der Waals surface area contributed by atoms with Gasteiger partial charge in [-0.25, -0.2) is 4.98 Å². The van der Waals surface area contributed by atoms with Crippen LogP contribution in [-0.4, -0.2) is 18.7 Å². The highest BCUT2D eigenvalue weighted by atomic mass is 16.3. The zero-order valence-electron chi connectivity index (χ0n) is 79.4. The van der Waals surface area contributed by atoms with Gasteiger partial charge in [0.15, 0.2) is 0 Å². The number of rotatable bonds is 19. The molecule has 5 aromatic heterocycles. The molecular weight excluding hydrogens is 1760 g/mol. The van der Waals surface area contributed by atoms with Gasteiger partial charge in [-0.05, 0) is 273 Å². The van der Waals surface area contributed by atoms with Crippen LogP contribution in [0.5, 0.6) is 0 Å². The third-order valence-corrected chi connectivity index (χ3v) is 27.8. The van der Waals surface area contributed by atoms with Crippen molar-refractivity contribution in [3.8, 4) is 95.2 Å². The van der Waals surface area contributed by atoms with Crippen LogP contribution in [0.15, 0.2) is 581 Å². The molecule has 8 nitrogen and oxygen atoms in total. The standard InChI is InChI=1S/C48H32N2O.C47H33N3.C42H30N2/c1-3-11-33(12-4-1)35-19-23-37(24-20-35)49(38-25-21-36(22-26-38)34-13-5-2-6-14-34)39-27-29-46-43(31-39)41-15-7-9-17-45(41)50(46)40-28-30-48-44(32-40)42-16-8-10-18-47(42)51-48;1-4-13-34(14-5-1)35-23-28-40(29-24-35)49(39-17-8-3-9-18-39)41-30-25-36(26-31-41)38-27-32-46-43(33-38)42-19-10-11-21-45(42)50(46)47-22-12-20-44(48-47)37-15-6-2-7-16-37;1-4-12-35(13-5-1)43(36-14-6-2-7-15-36)38-27-24-32(25-28-38)31-20-22-33(23-21-31)34-26-29-42-40(30-34)39-18-10-11-19-41(39)44(42)37-16-8-3-9-17-37/h1-32H;1-33H;1-30H. The molecule has 0 fully saturated rings. The summed E-state index contributed by atoms with van der Waals surface area (Å²) in [5.74, 6) is 0.910. The van der Waals surface area contributed by atoms with Gasteiger partial charge in [0.25, 0.3) is 0 Å². The summed E-state index contributed by atoms with van der Waals surface area (Å²) in [6, 6.07) is 205. The zero-order valence-corrected chi connectivity index (χ0v) is 79.4. The molecule has 0 aliphatic carbocycles. The first-order valence-corrected chi connectivity index (χ1v) is 49.3. The Bertz CT molecular complexity index is 9160. The number of fused-ring (bicyclic) bond motifs is 12. The molecule has 27 rings (SSSR count). The van der Waals surface area contributed by atoms with Gasteiger partial charge >= 0.3 is 0 Å². The van der Waals surface area contributed by atoms with E-state index in [9.17, 15) is 0 Å². The predicted octanol–water partition coefficient (Wildman–Crippen LogP) is 37.7. The number of pyridine rings is 1. The van der Waals surface area contributed by atoms with E-state index in [1.165, 1.54) is 121 Å². The van der Waals surface area contributed by atoms with Crippen LogP contribution in [-0.2, 0) is 0 Å². The Morgan fingerprint density at radius 1 is 0.145 bits per heavy atom. The second-order valence-corrected chi connectivity index (χ2v) is 36.5. The van der Waals surface area contributed by atoms with Gasteiger partial charge in [-0.1, -0.05) is 370 Å². The van der Waals surface area contributed by atoms with Crippen LogP contribution >= 0.6 is 0 Å². The van der Waals surface area contributed by atoms with Crippen molar-refractivity contribution < 1.29 is 4.42 Å². The van der Waals surface area contributed by atoms with E-state index in [0.717, 1.165) is 112 Å². The minimum Gasteiger partial charge on any atom is -0.456 e. The minimum atomic E-state index is 0.898. The smallest absolute Gasteiger partial charge is 0.138 e. The van der Waals surface area contributed by atoms with Crippen molar-refractivity contribution in [2.24, 2.45) is 0 Å². The van der Waals surface area contributed by atoms with E-state index < -0.39 is 0 Å². The molecule has 0 bridgehead atoms. The molecule has 0 aliphatic heterocycles. The third kappa shape index (κ3) is 17.1. The normalized spacial score (nSPS) is 11.3. The first-order chi connectivity index (χ1) is 71.9. The first kappa shape index (κ1) is 87.1. The van der Waals surface area contributed by atoms with Gasteiger partial charge < -0.3 is 28.3 Å². The highest BCUT2D eigenvalue weighted by Gasteiger charge is 2.24. The van der Waals surface area contributed by atoms with Gasteiger partial charge in [0.05, 0.1) is 38.8 Å². The van der Waals surface area contributed by atoms with Gasteiger partial charge in [-0.3, -0.25) is 4.57 Å². The van der Waals surface area contributed by atoms with Gasteiger partial charge in [-0.2, -0.15) is 0 Å². The molecule has 0 aliphatic rings. The van der Waals surface area contributed by atoms with Crippen molar-refractivity contribution in [2.45, 2.75) is 0 Å². The Balaban J connectivity index is 0.000000114. The van der Waals surface area contributed by atoms with Crippen LogP contribution in [0.25, 0.3) is 183 Å². The summed E-state index contributed by atoms with van der Waals surface area (Å²) in [5.41, 5.74) is 37.7. The lowest BCUT2D eigenvalue weighted by atomic mass is 9.99. The predicted molar refractivity (Wildman–Crippen MR) is 610 cm³/mol. The van der Waals surface area contributed by atoms with Crippen LogP contribution in [0.4, 0.5) is 51.2 Å². The maximum atomic E-state index is 6.18. The fourth-order valence-corrected chi connectivity index (χ4v) is 20.8. The summed E-state index contributed by atoms with van der Waals surface area (Å²) in [5, 5.41) is 9.62. The number of benzene rings is 22. The summed E-state index contributed by atoms with van der Waals surface area (Å²) >= 11 is 0. The molecule has 8 heteroatoms. The Morgan fingerprint density at radius 3 is 0.828 bits per heavy atom. The van der Waals surface area contributed by atoms with E-state index in [-0.39, 0.29) is 0 Å².